The summed E-state index contributed by atoms with van der Waals surface area (Å²) in [5.41, 5.74) is 0.908. The molecule has 1 aliphatic rings. The van der Waals surface area contributed by atoms with Crippen LogP contribution in [0.1, 0.15) is 20.7 Å². The summed E-state index contributed by atoms with van der Waals surface area (Å²) in [7, 11) is -7.61. The van der Waals surface area contributed by atoms with Crippen molar-refractivity contribution in [2.45, 2.75) is 8.42 Å². The van der Waals surface area contributed by atoms with Crippen LogP contribution in [0.25, 0.3) is 0 Å². The fraction of sp³-hybridized carbons (Fsp3) is 0.214. The average molecular weight is 696 g/mol. The Kier molecular flexibility index (Phi) is 11.0. The van der Waals surface area contributed by atoms with Gasteiger partial charge in [-0.3, -0.25) is 23.9 Å². The first kappa shape index (κ1) is 33.4. The molecule has 16 heteroatoms. The lowest BCUT2D eigenvalue weighted by Gasteiger charge is -2.35. The van der Waals surface area contributed by atoms with E-state index in [9.17, 15) is 26.4 Å². The molecule has 11 nitrogen and oxygen atoms in total. The van der Waals surface area contributed by atoms with Crippen molar-refractivity contribution in [2.24, 2.45) is 0 Å². The summed E-state index contributed by atoms with van der Waals surface area (Å²) in [4.78, 5) is 30.1. The van der Waals surface area contributed by atoms with Crippen molar-refractivity contribution in [3.05, 3.63) is 94.7 Å². The Morgan fingerprint density at radius 3 is 1.70 bits per heavy atom. The molecular formula is C28H30ClN5O6S4. The number of nitrogens with zero attached hydrogens (tertiary/aromatic N) is 2. The molecule has 1 saturated heterocycles. The molecule has 3 N–H and O–H groups in total. The number of amides is 2. The van der Waals surface area contributed by atoms with Gasteiger partial charge in [-0.05, 0) is 47.2 Å². The summed E-state index contributed by atoms with van der Waals surface area (Å²) in [6, 6.07) is 19.3. The first-order valence-corrected chi connectivity index (χ1v) is 18.0. The first-order valence-electron chi connectivity index (χ1n) is 13.2. The highest BCUT2D eigenvalue weighted by Crippen LogP contribution is 2.25. The summed E-state index contributed by atoms with van der Waals surface area (Å²) in [6.45, 7) is 2.88. The van der Waals surface area contributed by atoms with Crippen molar-refractivity contribution >= 4 is 78.3 Å². The Hall–Kier alpha value is -3.47. The Labute approximate surface area is 270 Å². The third kappa shape index (κ3) is 7.97. The fourth-order valence-corrected chi connectivity index (χ4v) is 8.66. The van der Waals surface area contributed by atoms with Crippen LogP contribution in [0, 0.1) is 0 Å². The highest BCUT2D eigenvalue weighted by Gasteiger charge is 2.26. The monoisotopic (exact) mass is 695 g/mol. The Bertz CT molecular complexity index is 1790. The van der Waals surface area contributed by atoms with Crippen molar-refractivity contribution in [3.63, 3.8) is 0 Å². The van der Waals surface area contributed by atoms with Crippen LogP contribution >= 0.6 is 35.1 Å². The van der Waals surface area contributed by atoms with Crippen molar-refractivity contribution in [2.75, 3.05) is 48.7 Å². The Balaban J connectivity index is 0.00000442. The topological polar surface area (TPSA) is 145 Å². The molecule has 0 aliphatic carbocycles. The maximum absolute atomic E-state index is 13.3. The van der Waals surface area contributed by atoms with Gasteiger partial charge in [-0.25, -0.2) is 16.8 Å². The number of thiophene rings is 2. The minimum atomic E-state index is -3.80. The number of nitrogens with one attached hydrogen (secondary N) is 3. The maximum Gasteiger partial charge on any atom is 0.271 e. The summed E-state index contributed by atoms with van der Waals surface area (Å²) in [6.07, 6.45) is 0. The number of carbonyl (C=O) groups excluding carboxylic acids is 2. The van der Waals surface area contributed by atoms with Gasteiger partial charge >= 0.3 is 0 Å². The minimum absolute atomic E-state index is 0. The van der Waals surface area contributed by atoms with E-state index in [4.69, 9.17) is 0 Å². The summed E-state index contributed by atoms with van der Waals surface area (Å²) < 4.78 is 56.1. The SMILES string of the molecule is Cl.O=C(NCCN1CCN(C(=O)c2ccccc2NS(=O)(=O)c2cccs2)CC1)c1ccccc1NS(=O)(=O)c1cccs1. The predicted octanol–water partition coefficient (Wildman–Crippen LogP) is 4.02. The molecule has 1 aliphatic heterocycles. The second kappa shape index (κ2) is 14.5. The zero-order valence-corrected chi connectivity index (χ0v) is 27.3. The second-order valence-electron chi connectivity index (χ2n) is 9.56. The molecule has 2 aromatic carbocycles. The molecule has 2 amide bonds. The normalized spacial score (nSPS) is 14.0. The van der Waals surface area contributed by atoms with Gasteiger partial charge in [0.1, 0.15) is 8.42 Å². The second-order valence-corrected chi connectivity index (χ2v) is 15.3. The highest BCUT2D eigenvalue weighted by atomic mass is 35.5. The number of rotatable bonds is 11. The molecule has 0 bridgehead atoms. The number of piperazine rings is 1. The minimum Gasteiger partial charge on any atom is -0.351 e. The summed E-state index contributed by atoms with van der Waals surface area (Å²) >= 11 is 2.18. The van der Waals surface area contributed by atoms with Crippen LogP contribution in [0.2, 0.25) is 0 Å². The molecular weight excluding hydrogens is 666 g/mol. The van der Waals surface area contributed by atoms with Gasteiger partial charge in [0.2, 0.25) is 0 Å². The third-order valence-corrected chi connectivity index (χ3v) is 12.2. The van der Waals surface area contributed by atoms with Crippen LogP contribution in [-0.2, 0) is 20.0 Å². The van der Waals surface area contributed by atoms with E-state index in [-0.39, 0.29) is 49.2 Å². The van der Waals surface area contributed by atoms with E-state index in [1.165, 1.54) is 12.1 Å². The van der Waals surface area contributed by atoms with Gasteiger partial charge in [0.15, 0.2) is 0 Å². The fourth-order valence-electron chi connectivity index (χ4n) is 4.52. The van der Waals surface area contributed by atoms with Crippen LogP contribution in [0.5, 0.6) is 0 Å². The number of sulfonamides is 2. The summed E-state index contributed by atoms with van der Waals surface area (Å²) in [5, 5.41) is 6.19. The third-order valence-electron chi connectivity index (χ3n) is 6.71. The zero-order chi connectivity index (χ0) is 30.5. The number of hydrogen-bond donors (Lipinski definition) is 3. The number of para-hydroxylation sites is 2. The molecule has 0 unspecified atom stereocenters. The number of halogens is 1. The Morgan fingerprint density at radius 2 is 1.18 bits per heavy atom. The van der Waals surface area contributed by atoms with Crippen LogP contribution in [-0.4, -0.2) is 77.7 Å². The molecule has 234 valence electrons. The van der Waals surface area contributed by atoms with E-state index in [0.29, 0.717) is 39.3 Å². The molecule has 0 saturated carbocycles. The molecule has 5 rings (SSSR count). The van der Waals surface area contributed by atoms with Crippen LogP contribution < -0.4 is 14.8 Å². The van der Waals surface area contributed by atoms with Gasteiger partial charge in [-0.2, -0.15) is 0 Å². The lowest BCUT2D eigenvalue weighted by atomic mass is 10.1. The van der Waals surface area contributed by atoms with Gasteiger partial charge in [0.25, 0.3) is 31.9 Å². The molecule has 0 atom stereocenters. The van der Waals surface area contributed by atoms with E-state index in [1.54, 1.807) is 76.3 Å². The standard InChI is InChI=1S/C28H29N5O6S4.ClH/c34-27(21-7-1-3-9-23(21)30-42(36,37)25-11-5-19-40-25)29-13-14-32-15-17-33(18-16-32)28(35)22-8-2-4-10-24(22)31-43(38,39)26-12-6-20-41-26;/h1-12,19-20,30-31H,13-18H2,(H,29,34);1H. The van der Waals surface area contributed by atoms with E-state index < -0.39 is 26.0 Å². The summed E-state index contributed by atoms with van der Waals surface area (Å²) in [5.74, 6) is -0.668. The number of carbonyl (C=O) groups is 2. The zero-order valence-electron chi connectivity index (χ0n) is 23.2. The molecule has 0 spiro atoms. The highest BCUT2D eigenvalue weighted by molar-refractivity contribution is 7.95. The molecule has 4 aromatic rings. The van der Waals surface area contributed by atoms with E-state index >= 15 is 0 Å². The lowest BCUT2D eigenvalue weighted by Crippen LogP contribution is -2.50. The largest absolute Gasteiger partial charge is 0.351 e. The van der Waals surface area contributed by atoms with Gasteiger partial charge < -0.3 is 10.2 Å². The van der Waals surface area contributed by atoms with Gasteiger partial charge in [0.05, 0.1) is 22.5 Å². The van der Waals surface area contributed by atoms with Crippen LogP contribution in [0.3, 0.4) is 0 Å². The lowest BCUT2D eigenvalue weighted by molar-refractivity contribution is 0.0639. The van der Waals surface area contributed by atoms with E-state index in [2.05, 4.69) is 19.7 Å². The van der Waals surface area contributed by atoms with Crippen LogP contribution in [0.4, 0.5) is 11.4 Å². The van der Waals surface area contributed by atoms with Gasteiger partial charge in [-0.1, -0.05) is 36.4 Å². The number of anilines is 2. The average Bonchev–Trinajstić information content (AvgIpc) is 3.74. The maximum atomic E-state index is 13.3. The molecule has 44 heavy (non-hydrogen) atoms. The molecule has 3 heterocycles. The van der Waals surface area contributed by atoms with E-state index in [1.807, 2.05) is 0 Å². The molecule has 2 aromatic heterocycles. The predicted molar refractivity (Wildman–Crippen MR) is 175 cm³/mol. The van der Waals surface area contributed by atoms with Gasteiger partial charge in [0, 0.05) is 39.3 Å². The first-order chi connectivity index (χ1) is 20.6. The van der Waals surface area contributed by atoms with Gasteiger partial charge in [-0.15, -0.1) is 35.1 Å². The van der Waals surface area contributed by atoms with Crippen LogP contribution in [0.15, 0.2) is 92.0 Å². The molecule has 1 fully saturated rings. The quantitative estimate of drug-likeness (QED) is 0.215. The molecule has 0 radical (unpaired) electrons. The van der Waals surface area contributed by atoms with E-state index in [0.717, 1.165) is 22.7 Å². The number of benzene rings is 2. The van der Waals surface area contributed by atoms with Crippen molar-refractivity contribution in [3.8, 4) is 0 Å². The van der Waals surface area contributed by atoms with Crippen molar-refractivity contribution in [1.29, 1.82) is 0 Å². The van der Waals surface area contributed by atoms with Crippen molar-refractivity contribution < 1.29 is 26.4 Å². The number of hydrogen-bond acceptors (Lipinski definition) is 9. The van der Waals surface area contributed by atoms with Crippen molar-refractivity contribution in [1.82, 2.24) is 15.1 Å². The Morgan fingerprint density at radius 1 is 0.682 bits per heavy atom. The smallest absolute Gasteiger partial charge is 0.271 e.